The number of alkyl halides is 1. The van der Waals surface area contributed by atoms with E-state index < -0.39 is 16.5 Å². The third-order valence-electron chi connectivity index (χ3n) is 5.65. The van der Waals surface area contributed by atoms with Crippen LogP contribution >= 0.6 is 0 Å². The standard InChI is InChI=1S/C24H47FO2S.Na/c1-3-5-7-9-10-11-12-13-14-15-16-17-18-19-21-23(25)24(28(26)27)22-20-8-6-4-2;/h23H,3-22H2,1-2H3;. The maximum atomic E-state index is 14.2. The van der Waals surface area contributed by atoms with Crippen molar-refractivity contribution in [2.45, 2.75) is 148 Å². The van der Waals surface area contributed by atoms with Gasteiger partial charge in [0.15, 0.2) is 0 Å². The van der Waals surface area contributed by atoms with E-state index in [1.165, 1.54) is 70.6 Å². The van der Waals surface area contributed by atoms with E-state index in [9.17, 15) is 12.8 Å². The third-order valence-corrected chi connectivity index (χ3v) is 6.54. The van der Waals surface area contributed by atoms with Crippen molar-refractivity contribution < 1.29 is 12.8 Å². The summed E-state index contributed by atoms with van der Waals surface area (Å²) in [6.45, 7) is 4.37. The minimum atomic E-state index is -2.36. The normalized spacial score (nSPS) is 11.8. The number of rotatable bonds is 21. The molecule has 0 aliphatic rings. The molecule has 1 unspecified atom stereocenters. The van der Waals surface area contributed by atoms with Crippen molar-refractivity contribution >= 4 is 44.7 Å². The van der Waals surface area contributed by atoms with Gasteiger partial charge in [0.25, 0.3) is 0 Å². The van der Waals surface area contributed by atoms with E-state index >= 15 is 0 Å². The molecule has 0 N–H and O–H groups in total. The summed E-state index contributed by atoms with van der Waals surface area (Å²) in [6, 6.07) is 0. The molecule has 0 aromatic rings. The molecule has 0 aliphatic carbocycles. The van der Waals surface area contributed by atoms with Gasteiger partial charge in [-0.25, -0.2) is 4.39 Å². The van der Waals surface area contributed by atoms with Crippen LogP contribution < -0.4 is 0 Å². The SMILES string of the molecule is CCCCCCCCCCCCCCCCC(F)C(CCCCCC)=S(=O)=O.[Na]. The monoisotopic (exact) mass is 441 g/mol. The second kappa shape index (κ2) is 24.9. The summed E-state index contributed by atoms with van der Waals surface area (Å²) < 4.78 is 36.8. The minimum Gasteiger partial charge on any atom is -0.242 e. The van der Waals surface area contributed by atoms with Crippen molar-refractivity contribution in [1.29, 1.82) is 0 Å². The summed E-state index contributed by atoms with van der Waals surface area (Å²) in [5.41, 5.74) is 0. The van der Waals surface area contributed by atoms with Crippen molar-refractivity contribution in [3.05, 3.63) is 0 Å². The van der Waals surface area contributed by atoms with Crippen molar-refractivity contribution in [1.82, 2.24) is 0 Å². The Morgan fingerprint density at radius 3 is 1.34 bits per heavy atom. The maximum Gasteiger partial charge on any atom is 0.216 e. The van der Waals surface area contributed by atoms with Crippen LogP contribution in [0.5, 0.6) is 0 Å². The number of halogens is 1. The molecule has 169 valence electrons. The van der Waals surface area contributed by atoms with Gasteiger partial charge in [0.2, 0.25) is 10.3 Å². The van der Waals surface area contributed by atoms with Crippen LogP contribution in [-0.2, 0) is 10.3 Å². The molecule has 0 spiro atoms. The second-order valence-corrected chi connectivity index (χ2v) is 9.36. The largest absolute Gasteiger partial charge is 0.242 e. The zero-order valence-electron chi connectivity index (χ0n) is 19.8. The van der Waals surface area contributed by atoms with Crippen LogP contribution in [0.25, 0.3) is 0 Å². The van der Waals surface area contributed by atoms with E-state index in [-0.39, 0.29) is 34.4 Å². The van der Waals surface area contributed by atoms with Crippen molar-refractivity contribution in [2.24, 2.45) is 0 Å². The minimum absolute atomic E-state index is 0. The number of hydrogen-bond donors (Lipinski definition) is 0. The fraction of sp³-hybridized carbons (Fsp3) is 0.958. The Balaban J connectivity index is 0. The van der Waals surface area contributed by atoms with Crippen molar-refractivity contribution in [3.63, 3.8) is 0 Å². The number of unbranched alkanes of at least 4 members (excludes halogenated alkanes) is 16. The van der Waals surface area contributed by atoms with Gasteiger partial charge >= 0.3 is 0 Å². The van der Waals surface area contributed by atoms with Crippen LogP contribution in [-0.4, -0.2) is 49.0 Å². The molecule has 0 rings (SSSR count). The molecule has 0 aromatic carbocycles. The molecule has 0 saturated carbocycles. The van der Waals surface area contributed by atoms with Gasteiger partial charge in [-0.3, -0.25) is 0 Å². The Hall–Kier alpha value is 0.620. The predicted octanol–water partition coefficient (Wildman–Crippen LogP) is 7.84. The van der Waals surface area contributed by atoms with Crippen LogP contribution in [0.4, 0.5) is 4.39 Å². The Kier molecular flexibility index (Phi) is 27.3. The molecule has 1 radical (unpaired) electrons. The molecule has 0 aromatic heterocycles. The van der Waals surface area contributed by atoms with Gasteiger partial charge < -0.3 is 0 Å². The average molecular weight is 442 g/mol. The molecular formula is C24H47FNaO2S. The third kappa shape index (κ3) is 21.6. The maximum absolute atomic E-state index is 14.2. The fourth-order valence-corrected chi connectivity index (χ4v) is 4.39. The number of hydrogen-bond acceptors (Lipinski definition) is 2. The van der Waals surface area contributed by atoms with Gasteiger partial charge in [0, 0.05) is 29.6 Å². The van der Waals surface area contributed by atoms with Gasteiger partial charge in [-0.05, 0) is 19.3 Å². The average Bonchev–Trinajstić information content (AvgIpc) is 2.67. The molecule has 0 aliphatic heterocycles. The summed E-state index contributed by atoms with van der Waals surface area (Å²) in [5, 5.41) is 0. The zero-order chi connectivity index (χ0) is 20.9. The molecule has 0 heterocycles. The molecule has 0 saturated heterocycles. The van der Waals surface area contributed by atoms with Gasteiger partial charge in [-0.15, -0.1) is 0 Å². The van der Waals surface area contributed by atoms with E-state index in [1.54, 1.807) is 0 Å². The molecule has 0 fully saturated rings. The Labute approximate surface area is 205 Å². The van der Waals surface area contributed by atoms with E-state index in [0.29, 0.717) is 12.8 Å². The Morgan fingerprint density at radius 2 is 0.966 bits per heavy atom. The molecule has 0 bridgehead atoms. The second-order valence-electron chi connectivity index (χ2n) is 8.36. The van der Waals surface area contributed by atoms with E-state index in [2.05, 4.69) is 13.8 Å². The van der Waals surface area contributed by atoms with Gasteiger partial charge in [-0.2, -0.15) is 8.42 Å². The summed E-state index contributed by atoms with van der Waals surface area (Å²) >= 11 is 0. The van der Waals surface area contributed by atoms with Crippen LogP contribution in [0.3, 0.4) is 0 Å². The van der Waals surface area contributed by atoms with Gasteiger partial charge in [-0.1, -0.05) is 123 Å². The van der Waals surface area contributed by atoms with Gasteiger partial charge in [0.05, 0.1) is 4.86 Å². The molecular weight excluding hydrogens is 394 g/mol. The topological polar surface area (TPSA) is 34.1 Å². The molecule has 1 atom stereocenters. The predicted molar refractivity (Wildman–Crippen MR) is 128 cm³/mol. The first-order valence-electron chi connectivity index (χ1n) is 12.2. The first-order chi connectivity index (χ1) is 13.6. The quantitative estimate of drug-likeness (QED) is 0.103. The summed E-state index contributed by atoms with van der Waals surface area (Å²) in [4.78, 5) is 0.103. The van der Waals surface area contributed by atoms with E-state index in [4.69, 9.17) is 0 Å². The molecule has 2 nitrogen and oxygen atoms in total. The van der Waals surface area contributed by atoms with Crippen LogP contribution in [0.2, 0.25) is 0 Å². The molecule has 5 heteroatoms. The van der Waals surface area contributed by atoms with Crippen molar-refractivity contribution in [2.75, 3.05) is 0 Å². The van der Waals surface area contributed by atoms with Crippen LogP contribution in [0.15, 0.2) is 0 Å². The summed E-state index contributed by atoms with van der Waals surface area (Å²) in [6.07, 6.45) is 21.3. The zero-order valence-corrected chi connectivity index (χ0v) is 22.6. The Bertz CT molecular complexity index is 458. The smallest absolute Gasteiger partial charge is 0.216 e. The van der Waals surface area contributed by atoms with Gasteiger partial charge in [0.1, 0.15) is 6.17 Å². The van der Waals surface area contributed by atoms with Crippen LogP contribution in [0.1, 0.15) is 142 Å². The van der Waals surface area contributed by atoms with Crippen molar-refractivity contribution in [3.8, 4) is 0 Å². The molecule has 0 amide bonds. The van der Waals surface area contributed by atoms with Crippen LogP contribution in [0, 0.1) is 0 Å². The first kappa shape index (κ1) is 31.8. The Morgan fingerprint density at radius 1 is 0.621 bits per heavy atom. The summed E-state index contributed by atoms with van der Waals surface area (Å²) in [5.74, 6) is 0. The fourth-order valence-electron chi connectivity index (χ4n) is 3.75. The van der Waals surface area contributed by atoms with E-state index in [0.717, 1.165) is 44.9 Å². The molecule has 29 heavy (non-hydrogen) atoms. The van der Waals surface area contributed by atoms with E-state index in [1.807, 2.05) is 0 Å². The first-order valence-corrected chi connectivity index (χ1v) is 13.3. The summed E-state index contributed by atoms with van der Waals surface area (Å²) in [7, 11) is -2.36.